The van der Waals surface area contributed by atoms with Crippen LogP contribution in [-0.2, 0) is 0 Å². The van der Waals surface area contributed by atoms with Crippen LogP contribution in [0, 0.1) is 0 Å². The molecule has 146 valence electrons. The lowest BCUT2D eigenvalue weighted by molar-refractivity contribution is 0.0751. The Morgan fingerprint density at radius 2 is 1.83 bits per heavy atom. The summed E-state index contributed by atoms with van der Waals surface area (Å²) in [6, 6.07) is 11.1. The summed E-state index contributed by atoms with van der Waals surface area (Å²) < 4.78 is 1.67. The zero-order valence-electron chi connectivity index (χ0n) is 15.3. The molecule has 4 heterocycles. The Bertz CT molecular complexity index is 1150. The zero-order valence-corrected chi connectivity index (χ0v) is 16.8. The lowest BCUT2D eigenvalue weighted by atomic mass is 10.2. The summed E-state index contributed by atoms with van der Waals surface area (Å²) in [7, 11) is 0. The number of benzene rings is 1. The Balaban J connectivity index is 1.39. The van der Waals surface area contributed by atoms with E-state index in [0.29, 0.717) is 42.4 Å². The molecule has 10 heteroatoms. The predicted molar refractivity (Wildman–Crippen MR) is 112 cm³/mol. The van der Waals surface area contributed by atoms with E-state index in [2.05, 4.69) is 25.2 Å². The van der Waals surface area contributed by atoms with E-state index >= 15 is 0 Å². The minimum absolute atomic E-state index is 0.0844. The maximum Gasteiger partial charge on any atom is 0.264 e. The molecule has 0 saturated carbocycles. The average Bonchev–Trinajstić information content (AvgIpc) is 3.44. The lowest BCUT2D eigenvalue weighted by Gasteiger charge is -2.35. The van der Waals surface area contributed by atoms with Gasteiger partial charge in [-0.25, -0.2) is 9.97 Å². The third-order valence-electron chi connectivity index (χ3n) is 4.89. The minimum Gasteiger partial charge on any atom is -0.351 e. The number of hydrogen-bond acceptors (Lipinski definition) is 7. The Kier molecular flexibility index (Phi) is 4.61. The predicted octanol–water partition coefficient (Wildman–Crippen LogP) is 2.89. The molecule has 1 saturated heterocycles. The Hall–Kier alpha value is -3.04. The Morgan fingerprint density at radius 3 is 2.55 bits per heavy atom. The first-order valence-electron chi connectivity index (χ1n) is 9.11. The smallest absolute Gasteiger partial charge is 0.264 e. The van der Waals surface area contributed by atoms with Crippen molar-refractivity contribution in [1.29, 1.82) is 0 Å². The van der Waals surface area contributed by atoms with Gasteiger partial charge in [-0.15, -0.1) is 16.4 Å². The highest BCUT2D eigenvalue weighted by atomic mass is 35.5. The number of thiophene rings is 1. The van der Waals surface area contributed by atoms with Crippen LogP contribution in [0.3, 0.4) is 0 Å². The van der Waals surface area contributed by atoms with Gasteiger partial charge in [-0.05, 0) is 35.7 Å². The Labute approximate surface area is 175 Å². The molecular weight excluding hydrogens is 410 g/mol. The van der Waals surface area contributed by atoms with Crippen LogP contribution < -0.4 is 4.90 Å². The number of amides is 1. The van der Waals surface area contributed by atoms with Crippen molar-refractivity contribution in [3.05, 3.63) is 58.0 Å². The number of nitrogens with zero attached hydrogens (tertiary/aromatic N) is 7. The number of rotatable bonds is 3. The average molecular weight is 426 g/mol. The first-order valence-corrected chi connectivity index (χ1v) is 10.4. The molecule has 1 aromatic carbocycles. The molecule has 0 radical (unpaired) electrons. The van der Waals surface area contributed by atoms with Crippen LogP contribution in [0.1, 0.15) is 9.67 Å². The van der Waals surface area contributed by atoms with Crippen LogP contribution in [0.5, 0.6) is 0 Å². The summed E-state index contributed by atoms with van der Waals surface area (Å²) in [5, 5.41) is 11.2. The van der Waals surface area contributed by atoms with Crippen molar-refractivity contribution in [3.63, 3.8) is 0 Å². The van der Waals surface area contributed by atoms with Gasteiger partial charge in [0, 0.05) is 31.2 Å². The van der Waals surface area contributed by atoms with Gasteiger partial charge in [0.05, 0.1) is 10.6 Å². The molecule has 0 atom stereocenters. The van der Waals surface area contributed by atoms with E-state index in [1.165, 1.54) is 17.7 Å². The molecule has 1 amide bonds. The van der Waals surface area contributed by atoms with Crippen LogP contribution >= 0.6 is 22.9 Å². The number of anilines is 1. The first kappa shape index (κ1) is 18.0. The normalized spacial score (nSPS) is 14.5. The van der Waals surface area contributed by atoms with Gasteiger partial charge in [-0.1, -0.05) is 22.9 Å². The van der Waals surface area contributed by atoms with Crippen LogP contribution in [0.4, 0.5) is 5.82 Å². The summed E-state index contributed by atoms with van der Waals surface area (Å²) >= 11 is 7.45. The monoisotopic (exact) mass is 425 g/mol. The number of piperazine rings is 1. The summed E-state index contributed by atoms with van der Waals surface area (Å²) in [4.78, 5) is 26.2. The molecule has 0 spiro atoms. The molecule has 1 fully saturated rings. The maximum absolute atomic E-state index is 12.6. The number of aromatic nitrogens is 5. The topological polar surface area (TPSA) is 80.0 Å². The van der Waals surface area contributed by atoms with E-state index in [1.54, 1.807) is 16.8 Å². The largest absolute Gasteiger partial charge is 0.351 e. The second-order valence-electron chi connectivity index (χ2n) is 6.60. The van der Waals surface area contributed by atoms with E-state index in [1.807, 2.05) is 34.5 Å². The van der Waals surface area contributed by atoms with Gasteiger partial charge in [-0.3, -0.25) is 4.79 Å². The highest BCUT2D eigenvalue weighted by molar-refractivity contribution is 7.12. The number of carbonyl (C=O) groups excluding carboxylic acids is 1. The fourth-order valence-corrected chi connectivity index (χ4v) is 4.22. The summed E-state index contributed by atoms with van der Waals surface area (Å²) in [6.07, 6.45) is 1.52. The fraction of sp³-hybridized carbons (Fsp3) is 0.211. The highest BCUT2D eigenvalue weighted by Gasteiger charge is 2.25. The molecule has 0 N–H and O–H groups in total. The van der Waals surface area contributed by atoms with Crippen molar-refractivity contribution in [2.45, 2.75) is 0 Å². The number of fused-ring (bicyclic) bond motifs is 1. The third-order valence-corrected chi connectivity index (χ3v) is 6.00. The van der Waals surface area contributed by atoms with Crippen LogP contribution in [0.2, 0.25) is 5.02 Å². The molecule has 0 bridgehead atoms. The van der Waals surface area contributed by atoms with E-state index in [-0.39, 0.29) is 5.91 Å². The van der Waals surface area contributed by atoms with Crippen LogP contribution in [0.25, 0.3) is 16.9 Å². The second kappa shape index (κ2) is 7.41. The summed E-state index contributed by atoms with van der Waals surface area (Å²) in [5.41, 5.74) is 2.10. The van der Waals surface area contributed by atoms with Crippen LogP contribution in [0.15, 0.2) is 48.1 Å². The van der Waals surface area contributed by atoms with E-state index in [4.69, 9.17) is 11.6 Å². The fourth-order valence-electron chi connectivity index (χ4n) is 3.40. The van der Waals surface area contributed by atoms with E-state index < -0.39 is 0 Å². The van der Waals surface area contributed by atoms with Crippen molar-refractivity contribution in [1.82, 2.24) is 29.9 Å². The summed E-state index contributed by atoms with van der Waals surface area (Å²) in [5.74, 6) is 0.819. The van der Waals surface area contributed by atoms with Gasteiger partial charge in [0.25, 0.3) is 5.91 Å². The van der Waals surface area contributed by atoms with Crippen molar-refractivity contribution >= 4 is 45.8 Å². The number of hydrogen-bond donors (Lipinski definition) is 0. The maximum atomic E-state index is 12.6. The van der Waals surface area contributed by atoms with Crippen molar-refractivity contribution < 1.29 is 4.79 Å². The van der Waals surface area contributed by atoms with Crippen molar-refractivity contribution in [2.75, 3.05) is 31.1 Å². The van der Waals surface area contributed by atoms with Crippen LogP contribution in [-0.4, -0.2) is 61.9 Å². The van der Waals surface area contributed by atoms with Gasteiger partial charge in [0.1, 0.15) is 6.33 Å². The second-order valence-corrected chi connectivity index (χ2v) is 7.99. The number of halogens is 1. The van der Waals surface area contributed by atoms with E-state index in [9.17, 15) is 4.79 Å². The molecular formula is C19H16ClN7OS. The van der Waals surface area contributed by atoms with Gasteiger partial charge >= 0.3 is 0 Å². The number of carbonyl (C=O) groups is 1. The molecule has 3 aromatic heterocycles. The van der Waals surface area contributed by atoms with E-state index in [0.717, 1.165) is 16.4 Å². The quantitative estimate of drug-likeness (QED) is 0.502. The van der Waals surface area contributed by atoms with Gasteiger partial charge in [-0.2, -0.15) is 4.68 Å². The SMILES string of the molecule is O=C(c1cccs1)N1CCN(c2ncnc3c2nnn3-c2ccc(Cl)cc2)CC1. The van der Waals surface area contributed by atoms with Crippen molar-refractivity contribution in [2.24, 2.45) is 0 Å². The van der Waals surface area contributed by atoms with Gasteiger partial charge in [0.2, 0.25) is 0 Å². The molecule has 4 aromatic rings. The molecule has 8 nitrogen and oxygen atoms in total. The summed E-state index contributed by atoms with van der Waals surface area (Å²) in [6.45, 7) is 2.62. The molecule has 0 aliphatic carbocycles. The third kappa shape index (κ3) is 3.32. The first-order chi connectivity index (χ1) is 14.2. The Morgan fingerprint density at radius 1 is 1.03 bits per heavy atom. The minimum atomic E-state index is 0.0844. The van der Waals surface area contributed by atoms with Gasteiger partial charge in [0.15, 0.2) is 17.0 Å². The standard InChI is InChI=1S/C19H16ClN7OS/c20-13-3-5-14(6-4-13)27-18-16(23-24-27)17(21-12-22-18)25-7-9-26(10-8-25)19(28)15-2-1-11-29-15/h1-6,11-12H,7-10H2. The molecule has 0 unspecified atom stereocenters. The zero-order chi connectivity index (χ0) is 19.8. The molecule has 1 aliphatic heterocycles. The molecule has 1 aliphatic rings. The highest BCUT2D eigenvalue weighted by Crippen LogP contribution is 2.24. The molecule has 5 rings (SSSR count). The lowest BCUT2D eigenvalue weighted by Crippen LogP contribution is -2.49. The van der Waals surface area contributed by atoms with Gasteiger partial charge < -0.3 is 9.80 Å². The molecule has 29 heavy (non-hydrogen) atoms. The van der Waals surface area contributed by atoms with Crippen molar-refractivity contribution in [3.8, 4) is 5.69 Å².